The minimum atomic E-state index is -0.186. The summed E-state index contributed by atoms with van der Waals surface area (Å²) < 4.78 is 0. The van der Waals surface area contributed by atoms with E-state index in [1.54, 1.807) is 0 Å². The zero-order valence-corrected chi connectivity index (χ0v) is 13.8. The molecule has 0 radical (unpaired) electrons. The van der Waals surface area contributed by atoms with Crippen molar-refractivity contribution in [2.24, 2.45) is 16.8 Å². The van der Waals surface area contributed by atoms with Crippen LogP contribution in [0.25, 0.3) is 0 Å². The Morgan fingerprint density at radius 1 is 1.36 bits per heavy atom. The van der Waals surface area contributed by atoms with Gasteiger partial charge in [0.2, 0.25) is 0 Å². The van der Waals surface area contributed by atoms with Crippen LogP contribution >= 0.6 is 0 Å². The third kappa shape index (κ3) is 7.67. The van der Waals surface area contributed by atoms with Crippen molar-refractivity contribution >= 4 is 11.7 Å². The van der Waals surface area contributed by atoms with E-state index in [4.69, 9.17) is 10.6 Å². The summed E-state index contributed by atoms with van der Waals surface area (Å²) in [5.74, 6) is 0.814. The Bertz CT molecular complexity index is 498. The molecule has 0 bridgehead atoms. The van der Waals surface area contributed by atoms with Gasteiger partial charge in [-0.05, 0) is 36.8 Å². The molecule has 0 heterocycles. The zero-order chi connectivity index (χ0) is 16.4. The Labute approximate surface area is 132 Å². The highest BCUT2D eigenvalue weighted by molar-refractivity contribution is 5.80. The van der Waals surface area contributed by atoms with Crippen molar-refractivity contribution in [2.75, 3.05) is 13.2 Å². The number of hydrogen-bond acceptors (Lipinski definition) is 3. The van der Waals surface area contributed by atoms with Gasteiger partial charge < -0.3 is 15.9 Å². The average Bonchev–Trinajstić information content (AvgIpc) is 2.47. The van der Waals surface area contributed by atoms with Gasteiger partial charge >= 0.3 is 0 Å². The second-order valence-electron chi connectivity index (χ2n) is 5.82. The predicted octanol–water partition coefficient (Wildman–Crippen LogP) is 2.38. The van der Waals surface area contributed by atoms with Crippen molar-refractivity contribution in [1.29, 1.82) is 0 Å². The van der Waals surface area contributed by atoms with Gasteiger partial charge in [0.05, 0.1) is 0 Å². The number of aryl methyl sites for hydroxylation is 1. The first-order valence-electron chi connectivity index (χ1n) is 7.74. The van der Waals surface area contributed by atoms with E-state index in [9.17, 15) is 4.79 Å². The number of oxime groups is 1. The number of amides is 1. The molecule has 1 amide bonds. The molecule has 0 saturated carbocycles. The van der Waals surface area contributed by atoms with Crippen LogP contribution in [-0.2, 0) is 16.1 Å². The van der Waals surface area contributed by atoms with Crippen molar-refractivity contribution in [1.82, 2.24) is 5.32 Å². The SMILES string of the molecule is Cc1ccccc1CCNC(=O)CO/N=C(\N)CCC(C)C. The minimum absolute atomic E-state index is 0.101. The highest BCUT2D eigenvalue weighted by Gasteiger charge is 2.03. The quantitative estimate of drug-likeness (QED) is 0.418. The third-order valence-corrected chi connectivity index (χ3v) is 3.33. The Balaban J connectivity index is 2.18. The van der Waals surface area contributed by atoms with Gasteiger partial charge in [-0.2, -0.15) is 0 Å². The Morgan fingerprint density at radius 3 is 2.77 bits per heavy atom. The van der Waals surface area contributed by atoms with Crippen molar-refractivity contribution in [3.63, 3.8) is 0 Å². The van der Waals surface area contributed by atoms with Crippen LogP contribution in [0.3, 0.4) is 0 Å². The van der Waals surface area contributed by atoms with Gasteiger partial charge in [0, 0.05) is 13.0 Å². The lowest BCUT2D eigenvalue weighted by atomic mass is 10.1. The maximum atomic E-state index is 11.6. The minimum Gasteiger partial charge on any atom is -0.384 e. The number of benzene rings is 1. The molecule has 122 valence electrons. The second-order valence-corrected chi connectivity index (χ2v) is 5.82. The number of hydrogen-bond donors (Lipinski definition) is 2. The number of nitrogens with one attached hydrogen (secondary N) is 1. The average molecular weight is 305 g/mol. The van der Waals surface area contributed by atoms with Crippen LogP contribution in [0.2, 0.25) is 0 Å². The van der Waals surface area contributed by atoms with Crippen LogP contribution in [0.4, 0.5) is 0 Å². The van der Waals surface area contributed by atoms with Crippen LogP contribution < -0.4 is 11.1 Å². The molecule has 0 aliphatic carbocycles. The summed E-state index contributed by atoms with van der Waals surface area (Å²) >= 11 is 0. The molecule has 1 rings (SSSR count). The van der Waals surface area contributed by atoms with Gasteiger partial charge in [0.15, 0.2) is 6.61 Å². The second kappa shape index (κ2) is 9.82. The molecule has 0 saturated heterocycles. The largest absolute Gasteiger partial charge is 0.384 e. The molecule has 0 aliphatic heterocycles. The zero-order valence-electron chi connectivity index (χ0n) is 13.8. The number of carbonyl (C=O) groups excluding carboxylic acids is 1. The Hall–Kier alpha value is -2.04. The highest BCUT2D eigenvalue weighted by atomic mass is 16.6. The Kier molecular flexibility index (Phi) is 8.04. The summed E-state index contributed by atoms with van der Waals surface area (Å²) in [6.07, 6.45) is 2.45. The lowest BCUT2D eigenvalue weighted by Crippen LogP contribution is -2.29. The fourth-order valence-electron chi connectivity index (χ4n) is 1.93. The molecule has 0 aromatic heterocycles. The Morgan fingerprint density at radius 2 is 2.09 bits per heavy atom. The van der Waals surface area contributed by atoms with Crippen molar-refractivity contribution in [2.45, 2.75) is 40.0 Å². The maximum absolute atomic E-state index is 11.6. The van der Waals surface area contributed by atoms with Crippen molar-refractivity contribution < 1.29 is 9.63 Å². The standard InChI is InChI=1S/C17H27N3O2/c1-13(2)8-9-16(18)20-22-12-17(21)19-11-10-15-7-5-4-6-14(15)3/h4-7,13H,8-12H2,1-3H3,(H2,18,20)(H,19,21). The molecule has 1 aromatic carbocycles. The number of rotatable bonds is 9. The molecule has 1 aromatic rings. The fraction of sp³-hybridized carbons (Fsp3) is 0.529. The summed E-state index contributed by atoms with van der Waals surface area (Å²) in [6, 6.07) is 8.14. The van der Waals surface area contributed by atoms with Gasteiger partial charge in [-0.25, -0.2) is 0 Å². The van der Waals surface area contributed by atoms with E-state index in [1.807, 2.05) is 12.1 Å². The summed E-state index contributed by atoms with van der Waals surface area (Å²) in [5, 5.41) is 6.56. The molecule has 0 fully saturated rings. The highest BCUT2D eigenvalue weighted by Crippen LogP contribution is 2.06. The summed E-state index contributed by atoms with van der Waals surface area (Å²) in [6.45, 7) is 6.79. The first-order chi connectivity index (χ1) is 10.5. The first kappa shape index (κ1) is 18.0. The van der Waals surface area contributed by atoms with Crippen LogP contribution in [0.15, 0.2) is 29.4 Å². The molecule has 0 unspecified atom stereocenters. The van der Waals surface area contributed by atoms with Crippen LogP contribution in [0, 0.1) is 12.8 Å². The number of nitrogens with zero attached hydrogens (tertiary/aromatic N) is 1. The maximum Gasteiger partial charge on any atom is 0.260 e. The molecular weight excluding hydrogens is 278 g/mol. The first-order valence-corrected chi connectivity index (χ1v) is 7.74. The number of amidine groups is 1. The number of nitrogens with two attached hydrogens (primary N) is 1. The fourth-order valence-corrected chi connectivity index (χ4v) is 1.93. The molecule has 5 heteroatoms. The monoisotopic (exact) mass is 305 g/mol. The molecule has 5 nitrogen and oxygen atoms in total. The van der Waals surface area contributed by atoms with Gasteiger partial charge in [-0.3, -0.25) is 4.79 Å². The van der Waals surface area contributed by atoms with Crippen LogP contribution in [0.5, 0.6) is 0 Å². The summed E-state index contributed by atoms with van der Waals surface area (Å²) in [5.41, 5.74) is 8.16. The summed E-state index contributed by atoms with van der Waals surface area (Å²) in [4.78, 5) is 16.6. The molecular formula is C17H27N3O2. The number of carbonyl (C=O) groups is 1. The van der Waals surface area contributed by atoms with Gasteiger partial charge in [0.25, 0.3) is 5.91 Å². The van der Waals surface area contributed by atoms with E-state index in [0.29, 0.717) is 24.7 Å². The van der Waals surface area contributed by atoms with E-state index in [1.165, 1.54) is 11.1 Å². The lowest BCUT2D eigenvalue weighted by Gasteiger charge is -2.07. The van der Waals surface area contributed by atoms with E-state index < -0.39 is 0 Å². The molecule has 3 N–H and O–H groups in total. The van der Waals surface area contributed by atoms with Crippen molar-refractivity contribution in [3.05, 3.63) is 35.4 Å². The van der Waals surface area contributed by atoms with E-state index in [-0.39, 0.29) is 12.5 Å². The predicted molar refractivity (Wildman–Crippen MR) is 89.5 cm³/mol. The van der Waals surface area contributed by atoms with Gasteiger partial charge in [-0.1, -0.05) is 43.3 Å². The van der Waals surface area contributed by atoms with Crippen molar-refractivity contribution in [3.8, 4) is 0 Å². The third-order valence-electron chi connectivity index (χ3n) is 3.33. The van der Waals surface area contributed by atoms with Crippen LogP contribution in [-0.4, -0.2) is 24.9 Å². The van der Waals surface area contributed by atoms with Gasteiger partial charge in [0.1, 0.15) is 5.84 Å². The topological polar surface area (TPSA) is 76.7 Å². The van der Waals surface area contributed by atoms with Crippen LogP contribution in [0.1, 0.15) is 37.8 Å². The van der Waals surface area contributed by atoms with E-state index in [0.717, 1.165) is 12.8 Å². The molecule has 0 atom stereocenters. The molecule has 0 spiro atoms. The molecule has 22 heavy (non-hydrogen) atoms. The van der Waals surface area contributed by atoms with E-state index in [2.05, 4.69) is 43.4 Å². The van der Waals surface area contributed by atoms with Gasteiger partial charge in [-0.15, -0.1) is 0 Å². The smallest absolute Gasteiger partial charge is 0.260 e. The molecule has 0 aliphatic rings. The lowest BCUT2D eigenvalue weighted by molar-refractivity contribution is -0.125. The summed E-state index contributed by atoms with van der Waals surface area (Å²) in [7, 11) is 0. The normalized spacial score (nSPS) is 11.5. The van der Waals surface area contributed by atoms with E-state index >= 15 is 0 Å².